The molecule has 0 aliphatic carbocycles. The zero-order chi connectivity index (χ0) is 21.8. The first-order valence-corrected chi connectivity index (χ1v) is 10.3. The Balaban J connectivity index is 2.40. The van der Waals surface area contributed by atoms with Gasteiger partial charge in [-0.2, -0.15) is 0 Å². The number of hydrogen-bond acceptors (Lipinski definition) is 5. The standard InChI is InChI=1S/C20H25N3O5S/c1-13(24)21-17-12-14(10-11-18(17)28-5)29(26,27)23-16-9-7-6-8-15(16)19(25)22-20(2,3)4/h6-12,23H,1-5H3,(H,21,24)(H,22,25). The molecule has 29 heavy (non-hydrogen) atoms. The summed E-state index contributed by atoms with van der Waals surface area (Å²) in [6.07, 6.45) is 0. The molecule has 0 heterocycles. The lowest BCUT2D eigenvalue weighted by molar-refractivity contribution is -0.114. The van der Waals surface area contributed by atoms with E-state index in [1.807, 2.05) is 20.8 Å². The molecule has 2 amide bonds. The van der Waals surface area contributed by atoms with E-state index in [1.165, 1.54) is 44.4 Å². The third-order valence-corrected chi connectivity index (χ3v) is 5.06. The lowest BCUT2D eigenvalue weighted by Gasteiger charge is -2.21. The molecule has 0 bridgehead atoms. The summed E-state index contributed by atoms with van der Waals surface area (Å²) in [4.78, 5) is 23.9. The normalized spacial score (nSPS) is 11.5. The van der Waals surface area contributed by atoms with Crippen LogP contribution in [-0.4, -0.2) is 32.9 Å². The Labute approximate surface area is 170 Å². The monoisotopic (exact) mass is 419 g/mol. The minimum absolute atomic E-state index is 0.0897. The van der Waals surface area contributed by atoms with Crippen molar-refractivity contribution in [2.75, 3.05) is 17.1 Å². The van der Waals surface area contributed by atoms with Gasteiger partial charge in [-0.25, -0.2) is 8.42 Å². The molecular weight excluding hydrogens is 394 g/mol. The number of sulfonamides is 1. The number of carbonyl (C=O) groups excluding carboxylic acids is 2. The maximum absolute atomic E-state index is 12.9. The molecule has 8 nitrogen and oxygen atoms in total. The smallest absolute Gasteiger partial charge is 0.261 e. The molecule has 0 aromatic heterocycles. The molecule has 0 aliphatic rings. The topological polar surface area (TPSA) is 114 Å². The SMILES string of the molecule is COc1ccc(S(=O)(=O)Nc2ccccc2C(=O)NC(C)(C)C)cc1NC(C)=O. The first kappa shape index (κ1) is 22.2. The summed E-state index contributed by atoms with van der Waals surface area (Å²) >= 11 is 0. The van der Waals surface area contributed by atoms with Gasteiger partial charge >= 0.3 is 0 Å². The van der Waals surface area contributed by atoms with Crippen LogP contribution in [0.1, 0.15) is 38.1 Å². The molecule has 0 unspecified atom stereocenters. The van der Waals surface area contributed by atoms with E-state index in [-0.39, 0.29) is 27.7 Å². The quantitative estimate of drug-likeness (QED) is 0.666. The lowest BCUT2D eigenvalue weighted by Crippen LogP contribution is -2.40. The number of nitrogens with one attached hydrogen (secondary N) is 3. The highest BCUT2D eigenvalue weighted by atomic mass is 32.2. The average molecular weight is 420 g/mol. The van der Waals surface area contributed by atoms with Crippen molar-refractivity contribution in [2.24, 2.45) is 0 Å². The first-order valence-electron chi connectivity index (χ1n) is 8.83. The van der Waals surface area contributed by atoms with Gasteiger partial charge in [0.05, 0.1) is 28.9 Å². The van der Waals surface area contributed by atoms with E-state index in [0.717, 1.165) is 0 Å². The zero-order valence-corrected chi connectivity index (χ0v) is 17.8. The summed E-state index contributed by atoms with van der Waals surface area (Å²) in [7, 11) is -2.62. The molecule has 0 spiro atoms. The summed E-state index contributed by atoms with van der Waals surface area (Å²) in [6.45, 7) is 6.80. The lowest BCUT2D eigenvalue weighted by atomic mass is 10.1. The maximum Gasteiger partial charge on any atom is 0.261 e. The predicted octanol–water partition coefficient (Wildman–Crippen LogP) is 2.98. The molecular formula is C20H25N3O5S. The fourth-order valence-corrected chi connectivity index (χ4v) is 3.63. The van der Waals surface area contributed by atoms with Gasteiger partial charge in [-0.3, -0.25) is 14.3 Å². The van der Waals surface area contributed by atoms with E-state index in [4.69, 9.17) is 4.74 Å². The number of benzene rings is 2. The van der Waals surface area contributed by atoms with Crippen LogP contribution in [0, 0.1) is 0 Å². The second kappa shape index (κ2) is 8.52. The average Bonchev–Trinajstić information content (AvgIpc) is 2.59. The number of ether oxygens (including phenoxy) is 1. The van der Waals surface area contributed by atoms with Gasteiger partial charge in [-0.15, -0.1) is 0 Å². The molecule has 0 aliphatic heterocycles. The van der Waals surface area contributed by atoms with Crippen molar-refractivity contribution in [2.45, 2.75) is 38.1 Å². The summed E-state index contributed by atoms with van der Waals surface area (Å²) in [5.41, 5.74) is 0.0844. The van der Waals surface area contributed by atoms with Gasteiger partial charge in [0.2, 0.25) is 5.91 Å². The Morgan fingerprint density at radius 2 is 1.66 bits per heavy atom. The molecule has 2 aromatic carbocycles. The number of carbonyl (C=O) groups is 2. The van der Waals surface area contributed by atoms with E-state index < -0.39 is 21.5 Å². The highest BCUT2D eigenvalue weighted by molar-refractivity contribution is 7.92. The van der Waals surface area contributed by atoms with Gasteiger partial charge in [0.15, 0.2) is 0 Å². The van der Waals surface area contributed by atoms with Crippen molar-refractivity contribution >= 4 is 33.2 Å². The predicted molar refractivity (Wildman–Crippen MR) is 112 cm³/mol. The molecule has 156 valence electrons. The Morgan fingerprint density at radius 3 is 2.24 bits per heavy atom. The number of rotatable bonds is 6. The maximum atomic E-state index is 12.9. The Bertz CT molecular complexity index is 1030. The Hall–Kier alpha value is -3.07. The Morgan fingerprint density at radius 1 is 1.00 bits per heavy atom. The number of hydrogen-bond donors (Lipinski definition) is 3. The van der Waals surface area contributed by atoms with E-state index >= 15 is 0 Å². The second-order valence-electron chi connectivity index (χ2n) is 7.40. The van der Waals surface area contributed by atoms with Crippen LogP contribution < -0.4 is 20.1 Å². The number of anilines is 2. The summed E-state index contributed by atoms with van der Waals surface area (Å²) in [6, 6.07) is 10.4. The van der Waals surface area contributed by atoms with Crippen molar-refractivity contribution in [3.05, 3.63) is 48.0 Å². The number of methoxy groups -OCH3 is 1. The minimum Gasteiger partial charge on any atom is -0.495 e. The molecule has 0 atom stereocenters. The van der Waals surface area contributed by atoms with Crippen molar-refractivity contribution < 1.29 is 22.7 Å². The third kappa shape index (κ3) is 5.95. The van der Waals surface area contributed by atoms with E-state index in [9.17, 15) is 18.0 Å². The fraction of sp³-hybridized carbons (Fsp3) is 0.300. The molecule has 0 fully saturated rings. The van der Waals surface area contributed by atoms with E-state index in [1.54, 1.807) is 12.1 Å². The van der Waals surface area contributed by atoms with Crippen molar-refractivity contribution in [1.82, 2.24) is 5.32 Å². The highest BCUT2D eigenvalue weighted by Crippen LogP contribution is 2.29. The molecule has 3 N–H and O–H groups in total. The van der Waals surface area contributed by atoms with Crippen LogP contribution >= 0.6 is 0 Å². The van der Waals surface area contributed by atoms with Crippen LogP contribution in [-0.2, 0) is 14.8 Å². The molecule has 2 rings (SSSR count). The number of amides is 2. The van der Waals surface area contributed by atoms with Crippen LogP contribution in [0.2, 0.25) is 0 Å². The highest BCUT2D eigenvalue weighted by Gasteiger charge is 2.22. The van der Waals surface area contributed by atoms with Crippen LogP contribution in [0.15, 0.2) is 47.4 Å². The fourth-order valence-electron chi connectivity index (χ4n) is 2.52. The van der Waals surface area contributed by atoms with Crippen LogP contribution in [0.3, 0.4) is 0 Å². The van der Waals surface area contributed by atoms with Gasteiger partial charge in [-0.05, 0) is 51.1 Å². The largest absolute Gasteiger partial charge is 0.495 e. The zero-order valence-electron chi connectivity index (χ0n) is 17.0. The summed E-state index contributed by atoms with van der Waals surface area (Å²) in [5.74, 6) is -0.441. The van der Waals surface area contributed by atoms with Gasteiger partial charge < -0.3 is 15.4 Å². The molecule has 9 heteroatoms. The van der Waals surface area contributed by atoms with Crippen LogP contribution in [0.4, 0.5) is 11.4 Å². The van der Waals surface area contributed by atoms with Gasteiger partial charge in [0.25, 0.3) is 15.9 Å². The van der Waals surface area contributed by atoms with Crippen molar-refractivity contribution in [3.8, 4) is 5.75 Å². The molecule has 2 aromatic rings. The second-order valence-corrected chi connectivity index (χ2v) is 9.08. The molecule has 0 radical (unpaired) electrons. The van der Waals surface area contributed by atoms with Crippen molar-refractivity contribution in [1.29, 1.82) is 0 Å². The van der Waals surface area contributed by atoms with E-state index in [2.05, 4.69) is 15.4 Å². The van der Waals surface area contributed by atoms with Gasteiger partial charge in [0, 0.05) is 12.5 Å². The van der Waals surface area contributed by atoms with E-state index in [0.29, 0.717) is 5.75 Å². The minimum atomic E-state index is -4.03. The van der Waals surface area contributed by atoms with Crippen LogP contribution in [0.5, 0.6) is 5.75 Å². The Kier molecular flexibility index (Phi) is 6.53. The summed E-state index contributed by atoms with van der Waals surface area (Å²) < 4.78 is 33.4. The van der Waals surface area contributed by atoms with Crippen LogP contribution in [0.25, 0.3) is 0 Å². The summed E-state index contributed by atoms with van der Waals surface area (Å²) in [5, 5.41) is 5.35. The molecule has 0 saturated heterocycles. The molecule has 0 saturated carbocycles. The van der Waals surface area contributed by atoms with Gasteiger partial charge in [-0.1, -0.05) is 12.1 Å². The first-order chi connectivity index (χ1) is 13.4. The third-order valence-electron chi connectivity index (χ3n) is 3.70. The number of para-hydroxylation sites is 1. The van der Waals surface area contributed by atoms with Crippen molar-refractivity contribution in [3.63, 3.8) is 0 Å². The van der Waals surface area contributed by atoms with Gasteiger partial charge in [0.1, 0.15) is 5.75 Å².